The Morgan fingerprint density at radius 3 is 2.92 bits per heavy atom. The molecule has 0 unspecified atom stereocenters. The van der Waals surface area contributed by atoms with Crippen LogP contribution in [0.25, 0.3) is 0 Å². The van der Waals surface area contributed by atoms with Crippen LogP contribution in [0.3, 0.4) is 0 Å². The van der Waals surface area contributed by atoms with Crippen molar-refractivity contribution in [3.8, 4) is 0 Å². The molecule has 0 radical (unpaired) electrons. The molecule has 0 fully saturated rings. The van der Waals surface area contributed by atoms with Crippen LogP contribution in [0, 0.1) is 0 Å². The number of amides is 1. The summed E-state index contributed by atoms with van der Waals surface area (Å²) >= 11 is 0. The van der Waals surface area contributed by atoms with Crippen LogP contribution >= 0.6 is 0 Å². The first-order valence-electron chi connectivity index (χ1n) is 4.05. The molecule has 0 aromatic heterocycles. The van der Waals surface area contributed by atoms with Gasteiger partial charge in [-0.1, -0.05) is 6.58 Å². The predicted octanol–water partition coefficient (Wildman–Crippen LogP) is 0.255. The summed E-state index contributed by atoms with van der Waals surface area (Å²) in [6.45, 7) is 4.24. The van der Waals surface area contributed by atoms with Crippen molar-refractivity contribution in [3.05, 3.63) is 12.8 Å². The van der Waals surface area contributed by atoms with E-state index in [1.165, 1.54) is 6.26 Å². The lowest BCUT2D eigenvalue weighted by Crippen LogP contribution is -2.26. The van der Waals surface area contributed by atoms with Crippen LogP contribution in [0.5, 0.6) is 0 Å². The largest absolute Gasteiger partial charge is 0.502 e. The maximum absolute atomic E-state index is 10.7. The summed E-state index contributed by atoms with van der Waals surface area (Å²) < 4.78 is 9.36. The Hall–Kier alpha value is -1.23. The number of hydrogen-bond acceptors (Lipinski definition) is 4. The number of nitrogens with one attached hydrogen (secondary N) is 1. The topological polar surface area (TPSA) is 67.8 Å². The maximum Gasteiger partial charge on any atom is 0.407 e. The summed E-state index contributed by atoms with van der Waals surface area (Å²) in [6.07, 6.45) is 1.53. The molecule has 0 saturated heterocycles. The van der Waals surface area contributed by atoms with E-state index < -0.39 is 6.09 Å². The maximum atomic E-state index is 10.7. The minimum atomic E-state index is -0.521. The van der Waals surface area contributed by atoms with Gasteiger partial charge >= 0.3 is 6.09 Å². The van der Waals surface area contributed by atoms with Crippen LogP contribution in [0.2, 0.25) is 0 Å². The van der Waals surface area contributed by atoms with E-state index in [2.05, 4.69) is 16.6 Å². The molecule has 5 nitrogen and oxygen atoms in total. The van der Waals surface area contributed by atoms with E-state index in [0.29, 0.717) is 19.6 Å². The van der Waals surface area contributed by atoms with Crippen molar-refractivity contribution in [3.63, 3.8) is 0 Å². The monoisotopic (exact) mass is 189 g/mol. The summed E-state index contributed by atoms with van der Waals surface area (Å²) in [7, 11) is 0. The summed E-state index contributed by atoms with van der Waals surface area (Å²) in [6, 6.07) is 0. The fourth-order valence-corrected chi connectivity index (χ4v) is 0.619. The van der Waals surface area contributed by atoms with Crippen molar-refractivity contribution >= 4 is 6.09 Å². The molecule has 0 rings (SSSR count). The molecule has 76 valence electrons. The van der Waals surface area contributed by atoms with Crippen LogP contribution in [0.4, 0.5) is 4.79 Å². The first kappa shape index (κ1) is 11.8. The standard InChI is InChI=1S/C8H15NO4/c1-2-12-6-3-4-9-8(11)13-7-5-10/h2,10H,1,3-7H2,(H,9,11). The third-order valence-corrected chi connectivity index (χ3v) is 1.15. The zero-order valence-corrected chi connectivity index (χ0v) is 7.49. The van der Waals surface area contributed by atoms with Crippen molar-refractivity contribution in [1.29, 1.82) is 0 Å². The van der Waals surface area contributed by atoms with E-state index in [9.17, 15) is 4.79 Å². The van der Waals surface area contributed by atoms with Crippen LogP contribution in [0.1, 0.15) is 6.42 Å². The van der Waals surface area contributed by atoms with Gasteiger partial charge in [0.2, 0.25) is 0 Å². The van der Waals surface area contributed by atoms with Gasteiger partial charge in [-0.15, -0.1) is 0 Å². The molecule has 0 spiro atoms. The lowest BCUT2D eigenvalue weighted by Gasteiger charge is -2.05. The minimum Gasteiger partial charge on any atom is -0.502 e. The molecule has 0 heterocycles. The first-order valence-corrected chi connectivity index (χ1v) is 4.05. The molecule has 13 heavy (non-hydrogen) atoms. The lowest BCUT2D eigenvalue weighted by atomic mass is 10.4. The number of alkyl carbamates (subject to hydrolysis) is 1. The van der Waals surface area contributed by atoms with Gasteiger partial charge in [-0.05, 0) is 6.42 Å². The van der Waals surface area contributed by atoms with Crippen LogP contribution in [0.15, 0.2) is 12.8 Å². The second-order valence-corrected chi connectivity index (χ2v) is 2.18. The number of carbonyl (C=O) groups is 1. The van der Waals surface area contributed by atoms with Gasteiger partial charge in [0.15, 0.2) is 0 Å². The molecular formula is C8H15NO4. The Labute approximate surface area is 77.3 Å². The Morgan fingerprint density at radius 1 is 1.54 bits per heavy atom. The third kappa shape index (κ3) is 8.68. The molecular weight excluding hydrogens is 174 g/mol. The number of carbonyl (C=O) groups excluding carboxylic acids is 1. The predicted molar refractivity (Wildman–Crippen MR) is 47.2 cm³/mol. The molecule has 0 aliphatic heterocycles. The highest BCUT2D eigenvalue weighted by Gasteiger charge is 1.98. The molecule has 0 aromatic carbocycles. The van der Waals surface area contributed by atoms with Crippen molar-refractivity contribution < 1.29 is 19.4 Å². The average Bonchev–Trinajstić information content (AvgIpc) is 2.14. The van der Waals surface area contributed by atoms with Crippen molar-refractivity contribution in [1.82, 2.24) is 5.32 Å². The molecule has 0 bridgehead atoms. The highest BCUT2D eigenvalue weighted by molar-refractivity contribution is 5.66. The minimum absolute atomic E-state index is 0.0228. The van der Waals surface area contributed by atoms with E-state index in [1.807, 2.05) is 0 Å². The van der Waals surface area contributed by atoms with Gasteiger partial charge in [0, 0.05) is 6.54 Å². The highest BCUT2D eigenvalue weighted by Crippen LogP contribution is 1.82. The van der Waals surface area contributed by atoms with Gasteiger partial charge in [-0.2, -0.15) is 0 Å². The van der Waals surface area contributed by atoms with E-state index in [4.69, 9.17) is 9.84 Å². The Morgan fingerprint density at radius 2 is 2.31 bits per heavy atom. The number of aliphatic hydroxyl groups is 1. The summed E-state index contributed by atoms with van der Waals surface area (Å²) in [5.74, 6) is 0. The SMILES string of the molecule is C=COCCCNC(=O)OCCO. The molecule has 0 aromatic rings. The zero-order chi connectivity index (χ0) is 9.94. The van der Waals surface area contributed by atoms with Crippen LogP contribution < -0.4 is 5.32 Å². The second-order valence-electron chi connectivity index (χ2n) is 2.18. The van der Waals surface area contributed by atoms with Crippen molar-refractivity contribution in [2.45, 2.75) is 6.42 Å². The molecule has 5 heteroatoms. The van der Waals surface area contributed by atoms with Crippen LogP contribution in [-0.4, -0.2) is 37.6 Å². The molecule has 0 atom stereocenters. The molecule has 0 aliphatic carbocycles. The third-order valence-electron chi connectivity index (χ3n) is 1.15. The number of hydrogen-bond donors (Lipinski definition) is 2. The quantitative estimate of drug-likeness (QED) is 0.445. The van der Waals surface area contributed by atoms with Crippen molar-refractivity contribution in [2.24, 2.45) is 0 Å². The van der Waals surface area contributed by atoms with Gasteiger partial charge in [0.05, 0.1) is 19.5 Å². The molecule has 0 saturated carbocycles. The smallest absolute Gasteiger partial charge is 0.407 e. The van der Waals surface area contributed by atoms with E-state index >= 15 is 0 Å². The Bertz CT molecular complexity index is 149. The first-order chi connectivity index (χ1) is 6.31. The van der Waals surface area contributed by atoms with Gasteiger partial charge in [-0.25, -0.2) is 4.79 Å². The lowest BCUT2D eigenvalue weighted by molar-refractivity contribution is 0.118. The van der Waals surface area contributed by atoms with E-state index in [1.54, 1.807) is 0 Å². The summed E-state index contributed by atoms with van der Waals surface area (Å²) in [5.41, 5.74) is 0. The Balaban J connectivity index is 3.12. The van der Waals surface area contributed by atoms with Crippen LogP contribution in [-0.2, 0) is 9.47 Å². The van der Waals surface area contributed by atoms with Gasteiger partial charge in [0.1, 0.15) is 6.61 Å². The average molecular weight is 189 g/mol. The van der Waals surface area contributed by atoms with Gasteiger partial charge < -0.3 is 19.9 Å². The number of rotatable bonds is 7. The zero-order valence-electron chi connectivity index (χ0n) is 7.49. The second kappa shape index (κ2) is 8.86. The van der Waals surface area contributed by atoms with Gasteiger partial charge in [0.25, 0.3) is 0 Å². The normalized spacial score (nSPS) is 9.00. The van der Waals surface area contributed by atoms with E-state index in [0.717, 1.165) is 0 Å². The van der Waals surface area contributed by atoms with Gasteiger partial charge in [-0.3, -0.25) is 0 Å². The summed E-state index contributed by atoms with van der Waals surface area (Å²) in [5, 5.41) is 10.8. The molecule has 1 amide bonds. The Kier molecular flexibility index (Phi) is 8.02. The highest BCUT2D eigenvalue weighted by atomic mass is 16.6. The fourth-order valence-electron chi connectivity index (χ4n) is 0.619. The molecule has 2 N–H and O–H groups in total. The number of aliphatic hydroxyl groups excluding tert-OH is 1. The van der Waals surface area contributed by atoms with Crippen molar-refractivity contribution in [2.75, 3.05) is 26.4 Å². The molecule has 0 aliphatic rings. The van der Waals surface area contributed by atoms with E-state index in [-0.39, 0.29) is 13.2 Å². The number of ether oxygens (including phenoxy) is 2. The fraction of sp³-hybridized carbons (Fsp3) is 0.625. The summed E-state index contributed by atoms with van der Waals surface area (Å²) in [4.78, 5) is 10.7.